The van der Waals surface area contributed by atoms with E-state index in [1.54, 1.807) is 12.2 Å². The van der Waals surface area contributed by atoms with Crippen LogP contribution in [0, 0.1) is 0 Å². The van der Waals surface area contributed by atoms with E-state index >= 15 is 0 Å². The van der Waals surface area contributed by atoms with Gasteiger partial charge in [0, 0.05) is 25.9 Å². The fourth-order valence-electron chi connectivity index (χ4n) is 1.77. The molecular weight excluding hydrogens is 210 g/mol. The van der Waals surface area contributed by atoms with Crippen molar-refractivity contribution in [2.45, 2.75) is 25.7 Å². The summed E-state index contributed by atoms with van der Waals surface area (Å²) in [5.74, 6) is -2.53. The van der Waals surface area contributed by atoms with E-state index in [0.717, 1.165) is 5.70 Å². The van der Waals surface area contributed by atoms with E-state index in [1.807, 2.05) is 17.9 Å². The lowest BCUT2D eigenvalue weighted by Gasteiger charge is -2.34. The molecular formula is C12H18F2N2. The molecule has 0 bridgehead atoms. The maximum atomic E-state index is 13.0. The lowest BCUT2D eigenvalue weighted by atomic mass is 10.1. The molecule has 16 heavy (non-hydrogen) atoms. The second-order valence-corrected chi connectivity index (χ2v) is 3.89. The second-order valence-electron chi connectivity index (χ2n) is 3.89. The molecule has 1 fully saturated rings. The van der Waals surface area contributed by atoms with Crippen LogP contribution >= 0.6 is 0 Å². The van der Waals surface area contributed by atoms with Crippen LogP contribution < -0.4 is 5.73 Å². The van der Waals surface area contributed by atoms with Gasteiger partial charge in [-0.2, -0.15) is 0 Å². The van der Waals surface area contributed by atoms with Crippen LogP contribution in [0.1, 0.15) is 19.8 Å². The quantitative estimate of drug-likeness (QED) is 0.752. The third-order valence-electron chi connectivity index (χ3n) is 2.67. The monoisotopic (exact) mass is 228 g/mol. The van der Waals surface area contributed by atoms with Gasteiger partial charge in [-0.3, -0.25) is 0 Å². The SMILES string of the molecule is C=C/C(=C(N)\C=C/C)N1CCC(F)(F)CC1. The van der Waals surface area contributed by atoms with Crippen LogP contribution in [0.15, 0.2) is 36.2 Å². The number of likely N-dealkylation sites (tertiary alicyclic amines) is 1. The molecule has 0 aliphatic carbocycles. The third-order valence-corrected chi connectivity index (χ3v) is 2.67. The Kier molecular flexibility index (Phi) is 4.10. The lowest BCUT2D eigenvalue weighted by molar-refractivity contribution is -0.0484. The summed E-state index contributed by atoms with van der Waals surface area (Å²) in [5, 5.41) is 0. The summed E-state index contributed by atoms with van der Waals surface area (Å²) in [6, 6.07) is 0. The van der Waals surface area contributed by atoms with Crippen molar-refractivity contribution in [1.29, 1.82) is 0 Å². The Bertz CT molecular complexity index is 309. The molecule has 1 heterocycles. The van der Waals surface area contributed by atoms with Crippen LogP contribution in [-0.2, 0) is 0 Å². The van der Waals surface area contributed by atoms with Gasteiger partial charge in [-0.25, -0.2) is 8.78 Å². The molecule has 0 unspecified atom stereocenters. The largest absolute Gasteiger partial charge is 0.397 e. The van der Waals surface area contributed by atoms with Gasteiger partial charge >= 0.3 is 0 Å². The van der Waals surface area contributed by atoms with Gasteiger partial charge in [-0.1, -0.05) is 12.7 Å². The summed E-state index contributed by atoms with van der Waals surface area (Å²) in [6.07, 6.45) is 4.96. The standard InChI is InChI=1S/C12H18F2N2/c1-3-5-10(15)11(4-2)16-8-6-12(13,14)7-9-16/h3-5H,2,6-9,15H2,1H3/b5-3-,11-10-. The Labute approximate surface area is 95.1 Å². The van der Waals surface area contributed by atoms with Gasteiger partial charge in [0.2, 0.25) is 0 Å². The van der Waals surface area contributed by atoms with Crippen molar-refractivity contribution in [3.8, 4) is 0 Å². The molecule has 2 nitrogen and oxygen atoms in total. The molecule has 0 amide bonds. The molecule has 0 atom stereocenters. The Balaban J connectivity index is 2.77. The van der Waals surface area contributed by atoms with Gasteiger partial charge in [0.05, 0.1) is 11.4 Å². The average Bonchev–Trinajstić information content (AvgIpc) is 2.22. The Morgan fingerprint density at radius 1 is 1.38 bits per heavy atom. The zero-order valence-electron chi connectivity index (χ0n) is 9.55. The van der Waals surface area contributed by atoms with Gasteiger partial charge < -0.3 is 10.6 Å². The highest BCUT2D eigenvalue weighted by atomic mass is 19.3. The summed E-state index contributed by atoms with van der Waals surface area (Å²) in [6.45, 7) is 6.19. The van der Waals surface area contributed by atoms with Gasteiger partial charge in [-0.05, 0) is 19.1 Å². The van der Waals surface area contributed by atoms with Gasteiger partial charge in [0.25, 0.3) is 5.92 Å². The first-order valence-electron chi connectivity index (χ1n) is 5.38. The second kappa shape index (κ2) is 5.14. The van der Waals surface area contributed by atoms with E-state index in [2.05, 4.69) is 6.58 Å². The van der Waals surface area contributed by atoms with Crippen LogP contribution in [0.3, 0.4) is 0 Å². The number of allylic oxidation sites excluding steroid dienone is 3. The highest BCUT2D eigenvalue weighted by Gasteiger charge is 2.34. The van der Waals surface area contributed by atoms with E-state index in [4.69, 9.17) is 5.73 Å². The van der Waals surface area contributed by atoms with Crippen molar-refractivity contribution in [3.05, 3.63) is 36.2 Å². The minimum absolute atomic E-state index is 0.118. The zero-order chi connectivity index (χ0) is 12.2. The molecule has 1 saturated heterocycles. The third kappa shape index (κ3) is 3.08. The molecule has 0 spiro atoms. The number of piperidine rings is 1. The summed E-state index contributed by atoms with van der Waals surface area (Å²) >= 11 is 0. The minimum atomic E-state index is -2.53. The number of nitrogens with two attached hydrogens (primary N) is 1. The van der Waals surface area contributed by atoms with Gasteiger partial charge in [-0.15, -0.1) is 0 Å². The van der Waals surface area contributed by atoms with Crippen LogP contribution in [0.5, 0.6) is 0 Å². The topological polar surface area (TPSA) is 29.3 Å². The number of halogens is 2. The first-order valence-corrected chi connectivity index (χ1v) is 5.38. The first kappa shape index (κ1) is 12.7. The van der Waals surface area contributed by atoms with E-state index in [0.29, 0.717) is 18.8 Å². The fraction of sp³-hybridized carbons (Fsp3) is 0.500. The molecule has 1 rings (SSSR count). The summed E-state index contributed by atoms with van der Waals surface area (Å²) in [5.41, 5.74) is 7.15. The van der Waals surface area contributed by atoms with Crippen LogP contribution in [0.4, 0.5) is 8.78 Å². The number of hydrogen-bond acceptors (Lipinski definition) is 2. The zero-order valence-corrected chi connectivity index (χ0v) is 9.55. The Morgan fingerprint density at radius 3 is 2.38 bits per heavy atom. The van der Waals surface area contributed by atoms with Crippen molar-refractivity contribution >= 4 is 0 Å². The molecule has 90 valence electrons. The van der Waals surface area contributed by atoms with Crippen molar-refractivity contribution in [2.75, 3.05) is 13.1 Å². The van der Waals surface area contributed by atoms with Crippen molar-refractivity contribution in [2.24, 2.45) is 5.73 Å². The highest BCUT2D eigenvalue weighted by molar-refractivity contribution is 5.29. The highest BCUT2D eigenvalue weighted by Crippen LogP contribution is 2.29. The van der Waals surface area contributed by atoms with Gasteiger partial charge in [0.15, 0.2) is 0 Å². The molecule has 1 aliphatic rings. The van der Waals surface area contributed by atoms with Crippen molar-refractivity contribution in [1.82, 2.24) is 4.90 Å². The molecule has 0 radical (unpaired) electrons. The molecule has 4 heteroatoms. The summed E-state index contributed by atoms with van der Waals surface area (Å²) < 4.78 is 26.0. The predicted molar refractivity (Wildman–Crippen MR) is 62.0 cm³/mol. The smallest absolute Gasteiger partial charge is 0.251 e. The minimum Gasteiger partial charge on any atom is -0.397 e. The molecule has 0 aromatic heterocycles. The summed E-state index contributed by atoms with van der Waals surface area (Å²) in [7, 11) is 0. The van der Waals surface area contributed by atoms with Crippen molar-refractivity contribution < 1.29 is 8.78 Å². The number of alkyl halides is 2. The van der Waals surface area contributed by atoms with E-state index in [1.165, 1.54) is 0 Å². The molecule has 2 N–H and O–H groups in total. The van der Waals surface area contributed by atoms with Crippen LogP contribution in [0.2, 0.25) is 0 Å². The Hall–Kier alpha value is -1.32. The number of hydrogen-bond donors (Lipinski definition) is 1. The van der Waals surface area contributed by atoms with Crippen LogP contribution in [0.25, 0.3) is 0 Å². The van der Waals surface area contributed by atoms with Crippen LogP contribution in [-0.4, -0.2) is 23.9 Å². The van der Waals surface area contributed by atoms with E-state index < -0.39 is 5.92 Å². The Morgan fingerprint density at radius 2 is 1.94 bits per heavy atom. The molecule has 1 aliphatic heterocycles. The van der Waals surface area contributed by atoms with E-state index in [9.17, 15) is 8.78 Å². The maximum absolute atomic E-state index is 13.0. The lowest BCUT2D eigenvalue weighted by Crippen LogP contribution is -2.39. The number of nitrogens with zero attached hydrogens (tertiary/aromatic N) is 1. The molecule has 0 saturated carbocycles. The average molecular weight is 228 g/mol. The predicted octanol–water partition coefficient (Wildman–Crippen LogP) is 2.65. The molecule has 0 aromatic rings. The summed E-state index contributed by atoms with van der Waals surface area (Å²) in [4.78, 5) is 1.86. The molecule has 0 aromatic carbocycles. The van der Waals surface area contributed by atoms with Gasteiger partial charge in [0.1, 0.15) is 0 Å². The van der Waals surface area contributed by atoms with E-state index in [-0.39, 0.29) is 12.8 Å². The fourth-order valence-corrected chi connectivity index (χ4v) is 1.77. The first-order chi connectivity index (χ1) is 7.50. The maximum Gasteiger partial charge on any atom is 0.251 e. The number of rotatable bonds is 3. The normalized spacial score (nSPS) is 22.1. The van der Waals surface area contributed by atoms with Crippen molar-refractivity contribution in [3.63, 3.8) is 0 Å².